The first-order valence-corrected chi connectivity index (χ1v) is 13.8. The zero-order valence-electron chi connectivity index (χ0n) is 24.8. The van der Waals surface area contributed by atoms with Crippen LogP contribution in [0.5, 0.6) is 5.75 Å². The van der Waals surface area contributed by atoms with Crippen LogP contribution in [0.25, 0.3) is 0 Å². The Balaban J connectivity index is 3.51. The minimum Gasteiger partial charge on any atom is -0.507 e. The number of benzene rings is 1. The summed E-state index contributed by atoms with van der Waals surface area (Å²) in [6.07, 6.45) is 1.15. The molecule has 3 atom stereocenters. The third kappa shape index (κ3) is 10.8. The molecule has 0 heterocycles. The third-order valence-electron chi connectivity index (χ3n) is 6.24. The predicted molar refractivity (Wildman–Crippen MR) is 149 cm³/mol. The van der Waals surface area contributed by atoms with Crippen molar-refractivity contribution in [3.05, 3.63) is 29.3 Å². The zero-order chi connectivity index (χ0) is 29.8. The third-order valence-corrected chi connectivity index (χ3v) is 6.24. The molecule has 1 rings (SSSR count). The fraction of sp³-hybridized carbons (Fsp3) is 0.655. The van der Waals surface area contributed by atoms with E-state index in [1.807, 2.05) is 20.8 Å². The number of rotatable bonds is 14. The van der Waals surface area contributed by atoms with Crippen molar-refractivity contribution in [2.24, 2.45) is 5.92 Å². The molecule has 0 aliphatic carbocycles. The fourth-order valence-corrected chi connectivity index (χ4v) is 3.96. The van der Waals surface area contributed by atoms with E-state index < -0.39 is 41.6 Å². The maximum Gasteiger partial charge on any atom is 0.408 e. The van der Waals surface area contributed by atoms with Crippen molar-refractivity contribution < 1.29 is 33.8 Å². The van der Waals surface area contributed by atoms with E-state index in [1.165, 1.54) is 4.90 Å². The summed E-state index contributed by atoms with van der Waals surface area (Å²) in [6.45, 7) is 14.8. The Hall–Kier alpha value is -3.30. The average Bonchev–Trinajstić information content (AvgIpc) is 2.85. The molecule has 1 aromatic rings. The van der Waals surface area contributed by atoms with E-state index in [2.05, 4.69) is 10.6 Å². The molecule has 3 N–H and O–H groups in total. The van der Waals surface area contributed by atoms with E-state index in [0.29, 0.717) is 18.4 Å². The second-order valence-electron chi connectivity index (χ2n) is 10.7. The molecule has 0 aromatic heterocycles. The standard InChI is InChI=1S/C29H47N3O7/c1-9-12-18-32(27(36)23(19(4)10-2)31-28(37)39-29(6,7)8)24(21-15-13-14-20(5)25(21)34)26(35)30-17-16-22(33)38-11-3/h13-15,19,23-24,34H,9-12,16-18H2,1-8H3,(H,30,35)(H,31,37). The highest BCUT2D eigenvalue weighted by molar-refractivity contribution is 5.93. The highest BCUT2D eigenvalue weighted by atomic mass is 16.6. The molecule has 1 aromatic carbocycles. The number of unbranched alkanes of at least 4 members (excludes halogenated alkanes) is 1. The lowest BCUT2D eigenvalue weighted by Crippen LogP contribution is -2.55. The molecule has 0 saturated heterocycles. The number of ether oxygens (including phenoxy) is 2. The number of hydrogen-bond acceptors (Lipinski definition) is 7. The molecule has 220 valence electrons. The highest BCUT2D eigenvalue weighted by Gasteiger charge is 2.39. The van der Waals surface area contributed by atoms with Crippen molar-refractivity contribution in [1.82, 2.24) is 15.5 Å². The first-order chi connectivity index (χ1) is 18.3. The maximum absolute atomic E-state index is 14.2. The van der Waals surface area contributed by atoms with Gasteiger partial charge in [-0.25, -0.2) is 4.79 Å². The van der Waals surface area contributed by atoms with Crippen LogP contribution < -0.4 is 10.6 Å². The number of carbonyl (C=O) groups excluding carboxylic acids is 4. The van der Waals surface area contributed by atoms with Gasteiger partial charge in [-0.1, -0.05) is 51.8 Å². The summed E-state index contributed by atoms with van der Waals surface area (Å²) in [7, 11) is 0. The van der Waals surface area contributed by atoms with E-state index in [4.69, 9.17) is 9.47 Å². The second kappa shape index (κ2) is 16.0. The Morgan fingerprint density at radius 2 is 1.77 bits per heavy atom. The van der Waals surface area contributed by atoms with Crippen LogP contribution in [-0.4, -0.2) is 65.2 Å². The van der Waals surface area contributed by atoms with Crippen molar-refractivity contribution in [1.29, 1.82) is 0 Å². The molecule has 0 spiro atoms. The van der Waals surface area contributed by atoms with Crippen LogP contribution in [0.2, 0.25) is 0 Å². The largest absolute Gasteiger partial charge is 0.507 e. The zero-order valence-corrected chi connectivity index (χ0v) is 24.8. The highest BCUT2D eigenvalue weighted by Crippen LogP contribution is 2.33. The number of aromatic hydroxyl groups is 1. The molecule has 3 amide bonds. The van der Waals surface area contributed by atoms with Crippen molar-refractivity contribution in [3.63, 3.8) is 0 Å². The van der Waals surface area contributed by atoms with Gasteiger partial charge in [-0.05, 0) is 52.5 Å². The lowest BCUT2D eigenvalue weighted by atomic mass is 9.94. The van der Waals surface area contributed by atoms with Gasteiger partial charge in [0.25, 0.3) is 0 Å². The summed E-state index contributed by atoms with van der Waals surface area (Å²) in [5.41, 5.74) is 0.0438. The van der Waals surface area contributed by atoms with Crippen LogP contribution >= 0.6 is 0 Å². The minimum atomic E-state index is -1.20. The average molecular weight is 550 g/mol. The summed E-state index contributed by atoms with van der Waals surface area (Å²) in [6, 6.07) is 2.85. The smallest absolute Gasteiger partial charge is 0.408 e. The van der Waals surface area contributed by atoms with Crippen LogP contribution in [0.15, 0.2) is 18.2 Å². The molecular formula is C29H47N3O7. The number of phenolic OH excluding ortho intramolecular Hbond substituents is 1. The van der Waals surface area contributed by atoms with Gasteiger partial charge in [0, 0.05) is 18.7 Å². The second-order valence-corrected chi connectivity index (χ2v) is 10.7. The summed E-state index contributed by atoms with van der Waals surface area (Å²) < 4.78 is 10.4. The molecule has 39 heavy (non-hydrogen) atoms. The SMILES string of the molecule is CCCCN(C(=O)C(NC(=O)OC(C)(C)C)C(C)CC)C(C(=O)NCCC(=O)OCC)c1cccc(C)c1O. The van der Waals surface area contributed by atoms with Gasteiger partial charge in [0.15, 0.2) is 0 Å². The summed E-state index contributed by atoms with van der Waals surface area (Å²) in [5, 5.41) is 16.4. The molecule has 10 heteroatoms. The van der Waals surface area contributed by atoms with E-state index in [-0.39, 0.29) is 43.3 Å². The number of phenols is 1. The number of hydrogen-bond donors (Lipinski definition) is 3. The van der Waals surface area contributed by atoms with Gasteiger partial charge in [-0.3, -0.25) is 14.4 Å². The number of para-hydroxylation sites is 1. The van der Waals surface area contributed by atoms with Crippen molar-refractivity contribution in [2.45, 2.75) is 98.8 Å². The number of carbonyl (C=O) groups is 4. The Kier molecular flexibility index (Phi) is 13.8. The summed E-state index contributed by atoms with van der Waals surface area (Å²) in [5.74, 6) is -1.84. The van der Waals surface area contributed by atoms with Crippen LogP contribution in [-0.2, 0) is 23.9 Å². The Morgan fingerprint density at radius 1 is 1.10 bits per heavy atom. The quantitative estimate of drug-likeness (QED) is 0.293. The Labute approximate surface area is 232 Å². The monoisotopic (exact) mass is 549 g/mol. The number of amides is 3. The lowest BCUT2D eigenvalue weighted by Gasteiger charge is -2.36. The van der Waals surface area contributed by atoms with Crippen LogP contribution in [0.1, 0.15) is 91.3 Å². The van der Waals surface area contributed by atoms with Crippen LogP contribution in [0.3, 0.4) is 0 Å². The lowest BCUT2D eigenvalue weighted by molar-refractivity contribution is -0.145. The Bertz CT molecular complexity index is 974. The van der Waals surface area contributed by atoms with Crippen molar-refractivity contribution >= 4 is 23.9 Å². The van der Waals surface area contributed by atoms with Crippen molar-refractivity contribution in [3.8, 4) is 5.75 Å². The molecule has 3 unspecified atom stereocenters. The van der Waals surface area contributed by atoms with Gasteiger partial charge in [-0.2, -0.15) is 0 Å². The van der Waals surface area contributed by atoms with Gasteiger partial charge >= 0.3 is 12.1 Å². The molecule has 0 radical (unpaired) electrons. The molecule has 0 aliphatic heterocycles. The van der Waals surface area contributed by atoms with Gasteiger partial charge in [-0.15, -0.1) is 0 Å². The first kappa shape index (κ1) is 33.7. The van der Waals surface area contributed by atoms with Gasteiger partial charge in [0.05, 0.1) is 13.0 Å². The fourth-order valence-electron chi connectivity index (χ4n) is 3.96. The van der Waals surface area contributed by atoms with Crippen LogP contribution in [0, 0.1) is 12.8 Å². The minimum absolute atomic E-state index is 0.00149. The summed E-state index contributed by atoms with van der Waals surface area (Å²) >= 11 is 0. The number of nitrogens with zero attached hydrogens (tertiary/aromatic N) is 1. The van der Waals surface area contributed by atoms with Crippen molar-refractivity contribution in [2.75, 3.05) is 19.7 Å². The first-order valence-electron chi connectivity index (χ1n) is 13.8. The van der Waals surface area contributed by atoms with Gasteiger partial charge < -0.3 is 30.1 Å². The summed E-state index contributed by atoms with van der Waals surface area (Å²) in [4.78, 5) is 53.7. The predicted octanol–water partition coefficient (Wildman–Crippen LogP) is 4.38. The van der Waals surface area contributed by atoms with Gasteiger partial charge in [0.2, 0.25) is 11.8 Å². The van der Waals surface area contributed by atoms with E-state index in [0.717, 1.165) is 6.42 Å². The Morgan fingerprint density at radius 3 is 2.33 bits per heavy atom. The van der Waals surface area contributed by atoms with Gasteiger partial charge in [0.1, 0.15) is 23.4 Å². The van der Waals surface area contributed by atoms with E-state index in [9.17, 15) is 24.3 Å². The van der Waals surface area contributed by atoms with Crippen LogP contribution in [0.4, 0.5) is 4.79 Å². The number of nitrogens with one attached hydrogen (secondary N) is 2. The molecular weight excluding hydrogens is 502 g/mol. The topological polar surface area (TPSA) is 134 Å². The number of alkyl carbamates (subject to hydrolysis) is 1. The molecule has 10 nitrogen and oxygen atoms in total. The van der Waals surface area contributed by atoms with E-state index >= 15 is 0 Å². The van der Waals surface area contributed by atoms with E-state index in [1.54, 1.807) is 52.8 Å². The molecule has 0 saturated carbocycles. The molecule has 0 bridgehead atoms. The normalized spacial score (nSPS) is 13.5. The number of esters is 1. The number of aryl methyl sites for hydroxylation is 1. The molecule has 0 fully saturated rings. The maximum atomic E-state index is 14.2. The molecule has 0 aliphatic rings.